The summed E-state index contributed by atoms with van der Waals surface area (Å²) in [6.07, 6.45) is 1.33. The number of anilines is 1. The fourth-order valence-corrected chi connectivity index (χ4v) is 4.42. The minimum absolute atomic E-state index is 0.169. The molecule has 0 bridgehead atoms. The standard InChI is InChI=1S/C31H29ClN2O7/c1-5-39-26-16-21(15-25(32)27(26)41-17-20-8-7-18(3)19(4)13-20)14-24-28(35)33-31(38)34(29(24)36)23-11-9-22(10-12-23)30(37)40-6-2/h7-16H,5-6,17H2,1-4H3,(H,33,35,38)/b24-14+. The predicted octanol–water partition coefficient (Wildman–Crippen LogP) is 5.78. The number of nitrogens with one attached hydrogen (secondary N) is 1. The number of urea groups is 1. The number of hydrogen-bond acceptors (Lipinski definition) is 7. The lowest BCUT2D eigenvalue weighted by Gasteiger charge is -2.26. The maximum absolute atomic E-state index is 13.3. The van der Waals surface area contributed by atoms with Crippen LogP contribution >= 0.6 is 11.6 Å². The first-order valence-corrected chi connectivity index (χ1v) is 13.3. The minimum Gasteiger partial charge on any atom is -0.490 e. The monoisotopic (exact) mass is 576 g/mol. The molecule has 212 valence electrons. The van der Waals surface area contributed by atoms with Gasteiger partial charge in [0.05, 0.1) is 29.5 Å². The number of benzene rings is 3. The molecule has 9 nitrogen and oxygen atoms in total. The van der Waals surface area contributed by atoms with Crippen LogP contribution in [0.2, 0.25) is 5.02 Å². The maximum atomic E-state index is 13.3. The van der Waals surface area contributed by atoms with Crippen LogP contribution in [0.3, 0.4) is 0 Å². The molecular formula is C31H29ClN2O7. The number of nitrogens with zero attached hydrogens (tertiary/aromatic N) is 1. The molecule has 4 amide bonds. The van der Waals surface area contributed by atoms with Gasteiger partial charge in [-0.15, -0.1) is 0 Å². The maximum Gasteiger partial charge on any atom is 0.338 e. The van der Waals surface area contributed by atoms with Crippen molar-refractivity contribution in [2.24, 2.45) is 0 Å². The minimum atomic E-state index is -0.913. The van der Waals surface area contributed by atoms with Gasteiger partial charge in [-0.2, -0.15) is 0 Å². The van der Waals surface area contributed by atoms with Crippen molar-refractivity contribution >= 4 is 47.2 Å². The second-order valence-corrected chi connectivity index (χ2v) is 9.60. The summed E-state index contributed by atoms with van der Waals surface area (Å²) in [4.78, 5) is 51.4. The highest BCUT2D eigenvalue weighted by molar-refractivity contribution is 6.39. The van der Waals surface area contributed by atoms with Gasteiger partial charge in [-0.05, 0) is 92.4 Å². The molecule has 1 fully saturated rings. The highest BCUT2D eigenvalue weighted by Crippen LogP contribution is 2.38. The van der Waals surface area contributed by atoms with Gasteiger partial charge >= 0.3 is 12.0 Å². The quantitative estimate of drug-likeness (QED) is 0.195. The zero-order valence-corrected chi connectivity index (χ0v) is 23.8. The summed E-state index contributed by atoms with van der Waals surface area (Å²) in [7, 11) is 0. The first kappa shape index (κ1) is 29.4. The smallest absolute Gasteiger partial charge is 0.338 e. The molecule has 0 radical (unpaired) electrons. The normalized spacial score (nSPS) is 14.2. The number of ether oxygens (including phenoxy) is 3. The lowest BCUT2D eigenvalue weighted by atomic mass is 10.1. The van der Waals surface area contributed by atoms with Crippen molar-refractivity contribution in [3.63, 3.8) is 0 Å². The van der Waals surface area contributed by atoms with E-state index in [-0.39, 0.29) is 35.1 Å². The fraction of sp³-hybridized carbons (Fsp3) is 0.226. The summed E-state index contributed by atoms with van der Waals surface area (Å²) < 4.78 is 16.7. The molecule has 3 aromatic carbocycles. The summed E-state index contributed by atoms with van der Waals surface area (Å²) in [6.45, 7) is 8.33. The molecule has 0 saturated carbocycles. The van der Waals surface area contributed by atoms with Gasteiger partial charge in [-0.1, -0.05) is 29.8 Å². The van der Waals surface area contributed by atoms with Crippen molar-refractivity contribution in [3.8, 4) is 11.5 Å². The molecule has 1 heterocycles. The first-order chi connectivity index (χ1) is 19.6. The van der Waals surface area contributed by atoms with Gasteiger partial charge in [0.15, 0.2) is 11.5 Å². The van der Waals surface area contributed by atoms with Crippen LogP contribution < -0.4 is 19.7 Å². The number of carbonyl (C=O) groups is 4. The number of barbiturate groups is 1. The first-order valence-electron chi connectivity index (χ1n) is 13.0. The predicted molar refractivity (Wildman–Crippen MR) is 154 cm³/mol. The van der Waals surface area contributed by atoms with Crippen LogP contribution in [0, 0.1) is 13.8 Å². The van der Waals surface area contributed by atoms with E-state index >= 15 is 0 Å². The average Bonchev–Trinajstić information content (AvgIpc) is 2.93. The molecule has 1 aliphatic rings. The van der Waals surface area contributed by atoms with Crippen molar-refractivity contribution in [2.75, 3.05) is 18.1 Å². The number of carbonyl (C=O) groups excluding carboxylic acids is 4. The van der Waals surface area contributed by atoms with Crippen LogP contribution in [-0.4, -0.2) is 37.0 Å². The van der Waals surface area contributed by atoms with Crippen LogP contribution in [0.15, 0.2) is 60.2 Å². The van der Waals surface area contributed by atoms with Crippen molar-refractivity contribution in [1.29, 1.82) is 0 Å². The van der Waals surface area contributed by atoms with Gasteiger partial charge in [0.2, 0.25) is 0 Å². The third kappa shape index (κ3) is 6.58. The van der Waals surface area contributed by atoms with Crippen LogP contribution in [0.4, 0.5) is 10.5 Å². The number of hydrogen-bond donors (Lipinski definition) is 1. The Kier molecular flexibility index (Phi) is 9.09. The third-order valence-electron chi connectivity index (χ3n) is 6.34. The fourth-order valence-electron chi connectivity index (χ4n) is 4.14. The van der Waals surface area contributed by atoms with E-state index in [4.69, 9.17) is 25.8 Å². The molecule has 0 aliphatic carbocycles. The molecule has 4 rings (SSSR count). The van der Waals surface area contributed by atoms with Crippen molar-refractivity contribution < 1.29 is 33.4 Å². The zero-order valence-electron chi connectivity index (χ0n) is 23.1. The molecule has 0 aromatic heterocycles. The number of halogens is 1. The second-order valence-electron chi connectivity index (χ2n) is 9.20. The summed E-state index contributed by atoms with van der Waals surface area (Å²) in [6, 6.07) is 14.0. The van der Waals surface area contributed by atoms with E-state index in [2.05, 4.69) is 5.32 Å². The molecule has 10 heteroatoms. The van der Waals surface area contributed by atoms with Crippen LogP contribution in [0.5, 0.6) is 11.5 Å². The van der Waals surface area contributed by atoms with Crippen LogP contribution in [-0.2, 0) is 20.9 Å². The molecule has 0 spiro atoms. The van der Waals surface area contributed by atoms with E-state index in [0.717, 1.165) is 16.0 Å². The molecule has 41 heavy (non-hydrogen) atoms. The van der Waals surface area contributed by atoms with Gasteiger partial charge in [0.1, 0.15) is 12.2 Å². The molecule has 3 aromatic rings. The summed E-state index contributed by atoms with van der Waals surface area (Å²) in [5, 5.41) is 2.40. The second kappa shape index (κ2) is 12.7. The molecule has 1 saturated heterocycles. The van der Waals surface area contributed by atoms with Crippen LogP contribution in [0.1, 0.15) is 46.5 Å². The van der Waals surface area contributed by atoms with E-state index in [1.54, 1.807) is 26.0 Å². The highest BCUT2D eigenvalue weighted by Gasteiger charge is 2.37. The number of aryl methyl sites for hydroxylation is 2. The number of esters is 1. The lowest BCUT2D eigenvalue weighted by molar-refractivity contribution is -0.122. The Morgan fingerprint density at radius 3 is 2.32 bits per heavy atom. The van der Waals surface area contributed by atoms with Crippen molar-refractivity contribution in [2.45, 2.75) is 34.3 Å². The van der Waals surface area contributed by atoms with Crippen LogP contribution in [0.25, 0.3) is 6.08 Å². The summed E-state index contributed by atoms with van der Waals surface area (Å²) >= 11 is 6.57. The Hall–Kier alpha value is -4.63. The summed E-state index contributed by atoms with van der Waals surface area (Å²) in [5.74, 6) is -1.57. The zero-order chi connectivity index (χ0) is 29.7. The Morgan fingerprint density at radius 2 is 1.66 bits per heavy atom. The van der Waals surface area contributed by atoms with Gasteiger partial charge in [0.25, 0.3) is 11.8 Å². The van der Waals surface area contributed by atoms with E-state index in [1.165, 1.54) is 35.9 Å². The average molecular weight is 577 g/mol. The van der Waals surface area contributed by atoms with E-state index in [0.29, 0.717) is 23.7 Å². The molecule has 0 unspecified atom stereocenters. The number of amides is 4. The SMILES string of the molecule is CCOC(=O)c1ccc(N2C(=O)NC(=O)/C(=C\c3cc(Cl)c(OCc4ccc(C)c(C)c4)c(OCC)c3)C2=O)cc1. The number of imide groups is 2. The van der Waals surface area contributed by atoms with Gasteiger partial charge in [0, 0.05) is 0 Å². The number of rotatable bonds is 9. The molecule has 0 atom stereocenters. The third-order valence-corrected chi connectivity index (χ3v) is 6.62. The highest BCUT2D eigenvalue weighted by atomic mass is 35.5. The Labute approximate surface area is 242 Å². The van der Waals surface area contributed by atoms with E-state index in [1.807, 2.05) is 32.0 Å². The van der Waals surface area contributed by atoms with Gasteiger partial charge in [-0.25, -0.2) is 14.5 Å². The van der Waals surface area contributed by atoms with E-state index < -0.39 is 23.8 Å². The Morgan fingerprint density at radius 1 is 0.927 bits per heavy atom. The van der Waals surface area contributed by atoms with Crippen molar-refractivity contribution in [3.05, 3.63) is 93.0 Å². The molecular weight excluding hydrogens is 548 g/mol. The molecule has 1 aliphatic heterocycles. The largest absolute Gasteiger partial charge is 0.490 e. The summed E-state index contributed by atoms with van der Waals surface area (Å²) in [5.41, 5.74) is 3.80. The van der Waals surface area contributed by atoms with Gasteiger partial charge in [-0.3, -0.25) is 14.9 Å². The topological polar surface area (TPSA) is 111 Å². The van der Waals surface area contributed by atoms with E-state index in [9.17, 15) is 19.2 Å². The Bertz CT molecular complexity index is 1550. The Balaban J connectivity index is 1.62. The lowest BCUT2D eigenvalue weighted by Crippen LogP contribution is -2.54. The van der Waals surface area contributed by atoms with Gasteiger partial charge < -0.3 is 14.2 Å². The molecule has 1 N–H and O–H groups in total. The van der Waals surface area contributed by atoms with Crippen molar-refractivity contribution in [1.82, 2.24) is 5.32 Å².